The van der Waals surface area contributed by atoms with Gasteiger partial charge in [0.05, 0.1) is 40.3 Å². The second-order valence-electron chi connectivity index (χ2n) is 10.7. The highest BCUT2D eigenvalue weighted by atomic mass is 32.1. The Labute approximate surface area is 208 Å². The number of carbonyl (C=O) groups excluding carboxylic acids is 2. The van der Waals surface area contributed by atoms with Crippen LogP contribution in [-0.2, 0) is 9.59 Å². The highest BCUT2D eigenvalue weighted by Crippen LogP contribution is 2.32. The summed E-state index contributed by atoms with van der Waals surface area (Å²) in [5.74, 6) is -1.20. The van der Waals surface area contributed by atoms with Crippen molar-refractivity contribution < 1.29 is 19.8 Å². The third kappa shape index (κ3) is 7.09. The van der Waals surface area contributed by atoms with Crippen LogP contribution in [0.3, 0.4) is 0 Å². The predicted octanol–water partition coefficient (Wildman–Crippen LogP) is 4.84. The van der Waals surface area contributed by atoms with Crippen molar-refractivity contribution in [3.63, 3.8) is 0 Å². The Hall–Kier alpha value is -1.83. The number of Topliss-reactive ketones (excluding diaryl/α,β-unsaturated/α-hetero) is 1. The van der Waals surface area contributed by atoms with Crippen molar-refractivity contribution in [1.82, 2.24) is 10.3 Å². The average molecular weight is 491 g/mol. The molecule has 1 aromatic heterocycles. The molecule has 6 nitrogen and oxygen atoms in total. The van der Waals surface area contributed by atoms with Gasteiger partial charge in [0.2, 0.25) is 5.91 Å². The number of ketones is 1. The first-order valence-electron chi connectivity index (χ1n) is 12.2. The van der Waals surface area contributed by atoms with E-state index in [0.717, 1.165) is 35.5 Å². The summed E-state index contributed by atoms with van der Waals surface area (Å²) >= 11 is 1.58. The summed E-state index contributed by atoms with van der Waals surface area (Å²) in [4.78, 5) is 30.8. The molecule has 190 valence electrons. The molecular weight excluding hydrogens is 448 g/mol. The molecule has 1 amide bonds. The van der Waals surface area contributed by atoms with E-state index in [1.165, 1.54) is 0 Å². The van der Waals surface area contributed by atoms with Gasteiger partial charge in [-0.3, -0.25) is 9.59 Å². The molecule has 3 N–H and O–H groups in total. The zero-order valence-corrected chi connectivity index (χ0v) is 22.5. The number of aromatic nitrogens is 1. The van der Waals surface area contributed by atoms with Crippen LogP contribution in [0.2, 0.25) is 0 Å². The van der Waals surface area contributed by atoms with Gasteiger partial charge >= 0.3 is 0 Å². The summed E-state index contributed by atoms with van der Waals surface area (Å²) in [6.07, 6.45) is 7.22. The molecule has 7 heteroatoms. The summed E-state index contributed by atoms with van der Waals surface area (Å²) in [5.41, 5.74) is 0.00714. The molecule has 0 unspecified atom stereocenters. The summed E-state index contributed by atoms with van der Waals surface area (Å²) < 4.78 is 0. The van der Waals surface area contributed by atoms with E-state index in [9.17, 15) is 19.8 Å². The lowest BCUT2D eigenvalue weighted by Gasteiger charge is -2.36. The lowest BCUT2D eigenvalue weighted by molar-refractivity contribution is -0.143. The highest BCUT2D eigenvalue weighted by molar-refractivity contribution is 7.09. The van der Waals surface area contributed by atoms with Crippen molar-refractivity contribution >= 4 is 29.1 Å². The van der Waals surface area contributed by atoms with Crippen LogP contribution in [0.4, 0.5) is 0 Å². The summed E-state index contributed by atoms with van der Waals surface area (Å²) in [6.45, 7) is 12.9. The van der Waals surface area contributed by atoms with E-state index in [2.05, 4.69) is 22.5 Å². The lowest BCUT2D eigenvalue weighted by Crippen LogP contribution is -2.50. The zero-order valence-electron chi connectivity index (χ0n) is 21.7. The largest absolute Gasteiger partial charge is 0.392 e. The van der Waals surface area contributed by atoms with Gasteiger partial charge < -0.3 is 15.5 Å². The van der Waals surface area contributed by atoms with E-state index in [0.29, 0.717) is 6.42 Å². The molecule has 0 aliphatic carbocycles. The van der Waals surface area contributed by atoms with Gasteiger partial charge in [-0.25, -0.2) is 4.98 Å². The summed E-state index contributed by atoms with van der Waals surface area (Å²) in [7, 11) is 0. The van der Waals surface area contributed by atoms with Gasteiger partial charge in [0, 0.05) is 11.3 Å². The van der Waals surface area contributed by atoms with Gasteiger partial charge in [-0.05, 0) is 64.0 Å². The first-order valence-corrected chi connectivity index (χ1v) is 13.1. The number of rotatable bonds is 2. The summed E-state index contributed by atoms with van der Waals surface area (Å²) in [5, 5.41) is 27.7. The number of nitrogens with one attached hydrogen (secondary N) is 1. The van der Waals surface area contributed by atoms with Gasteiger partial charge in [0.1, 0.15) is 5.78 Å². The Balaban J connectivity index is 2.35. The van der Waals surface area contributed by atoms with Crippen LogP contribution in [0.1, 0.15) is 84.3 Å². The highest BCUT2D eigenvalue weighted by Gasteiger charge is 2.42. The van der Waals surface area contributed by atoms with E-state index in [1.807, 2.05) is 39.2 Å². The number of aliphatic hydroxyl groups excluding tert-OH is 2. The molecule has 2 rings (SSSR count). The lowest BCUT2D eigenvalue weighted by atomic mass is 9.72. The third-order valence-corrected chi connectivity index (χ3v) is 8.16. The van der Waals surface area contributed by atoms with E-state index in [4.69, 9.17) is 0 Å². The normalized spacial score (nSPS) is 33.4. The first-order chi connectivity index (χ1) is 15.8. The Morgan fingerprint density at radius 1 is 1.21 bits per heavy atom. The average Bonchev–Trinajstić information content (AvgIpc) is 3.17. The number of amides is 1. The molecule has 0 saturated heterocycles. The predicted molar refractivity (Wildman–Crippen MR) is 138 cm³/mol. The second kappa shape index (κ2) is 11.7. The maximum absolute atomic E-state index is 13.2. The standard InChI is InChI=1S/C27H42N2O4S/c1-17-12-10-8-9-11-13-27(7,18(2)14-21-16-34-20(4)28-21)29-23(31)15-22(30)26(5,6)25(33)19(3)24(17)32/h9,11,14,16-17,19,22,24,30,32H,8,10,12-13,15H2,1-7H3,(H,29,31)/b11-9-,18-14+/t17-,19+,22-,24-,27-/m0/s1. The number of allylic oxidation sites excluding steroid dienone is 1. The monoisotopic (exact) mass is 490 g/mol. The molecule has 0 aromatic carbocycles. The number of carbonyl (C=O) groups is 2. The fourth-order valence-electron chi connectivity index (χ4n) is 4.49. The van der Waals surface area contributed by atoms with Crippen molar-refractivity contribution in [3.8, 4) is 0 Å². The zero-order chi connectivity index (χ0) is 25.7. The summed E-state index contributed by atoms with van der Waals surface area (Å²) in [6, 6.07) is 0. The van der Waals surface area contributed by atoms with Crippen LogP contribution in [-0.4, -0.2) is 44.6 Å². The number of hydrogen-bond donors (Lipinski definition) is 3. The van der Waals surface area contributed by atoms with Gasteiger partial charge in [0.25, 0.3) is 0 Å². The Morgan fingerprint density at radius 2 is 1.88 bits per heavy atom. The van der Waals surface area contributed by atoms with E-state index < -0.39 is 29.1 Å². The number of thiazole rings is 1. The molecule has 34 heavy (non-hydrogen) atoms. The minimum absolute atomic E-state index is 0.0338. The number of hydrogen-bond acceptors (Lipinski definition) is 6. The van der Waals surface area contributed by atoms with Gasteiger partial charge in [-0.2, -0.15) is 0 Å². The molecular formula is C27H42N2O4S. The Morgan fingerprint density at radius 3 is 2.50 bits per heavy atom. The van der Waals surface area contributed by atoms with Gasteiger partial charge in [-0.1, -0.05) is 39.8 Å². The second-order valence-corrected chi connectivity index (χ2v) is 11.7. The molecule has 1 aliphatic rings. The van der Waals surface area contributed by atoms with Crippen molar-refractivity contribution in [2.24, 2.45) is 17.3 Å². The van der Waals surface area contributed by atoms with Crippen molar-refractivity contribution in [1.29, 1.82) is 0 Å². The van der Waals surface area contributed by atoms with Crippen LogP contribution >= 0.6 is 11.3 Å². The molecule has 0 radical (unpaired) electrons. The van der Waals surface area contributed by atoms with Crippen LogP contribution < -0.4 is 5.32 Å². The topological polar surface area (TPSA) is 99.5 Å². The van der Waals surface area contributed by atoms with Crippen molar-refractivity contribution in [2.75, 3.05) is 0 Å². The number of nitrogens with zero attached hydrogens (tertiary/aromatic N) is 1. The molecule has 1 aliphatic heterocycles. The minimum atomic E-state index is -1.16. The molecule has 0 spiro atoms. The van der Waals surface area contributed by atoms with E-state index >= 15 is 0 Å². The smallest absolute Gasteiger partial charge is 0.223 e. The Kier molecular flexibility index (Phi) is 9.80. The van der Waals surface area contributed by atoms with E-state index in [1.54, 1.807) is 32.1 Å². The van der Waals surface area contributed by atoms with Crippen LogP contribution in [0, 0.1) is 24.2 Å². The van der Waals surface area contributed by atoms with Crippen LogP contribution in [0.5, 0.6) is 0 Å². The fraction of sp³-hybridized carbons (Fsp3) is 0.667. The fourth-order valence-corrected chi connectivity index (χ4v) is 5.06. The molecule has 5 atom stereocenters. The van der Waals surface area contributed by atoms with Crippen LogP contribution in [0.15, 0.2) is 23.1 Å². The first kappa shape index (κ1) is 28.4. The molecule has 1 aromatic rings. The maximum atomic E-state index is 13.2. The maximum Gasteiger partial charge on any atom is 0.223 e. The molecule has 2 heterocycles. The molecule has 0 saturated carbocycles. The number of aryl methyl sites for hydroxylation is 1. The van der Waals surface area contributed by atoms with Gasteiger partial charge in [-0.15, -0.1) is 11.3 Å². The van der Waals surface area contributed by atoms with E-state index in [-0.39, 0.29) is 24.0 Å². The third-order valence-electron chi connectivity index (χ3n) is 7.37. The number of aliphatic hydroxyl groups is 2. The van der Waals surface area contributed by atoms with Crippen LogP contribution in [0.25, 0.3) is 6.08 Å². The quantitative estimate of drug-likeness (QED) is 0.515. The van der Waals surface area contributed by atoms with Gasteiger partial charge in [0.15, 0.2) is 0 Å². The van der Waals surface area contributed by atoms with Crippen molar-refractivity contribution in [3.05, 3.63) is 33.8 Å². The minimum Gasteiger partial charge on any atom is -0.392 e. The molecule has 0 bridgehead atoms. The Bertz CT molecular complexity index is 919. The molecule has 0 fully saturated rings. The SMILES string of the molecule is C/C(=C\c1csc(C)n1)[C@]1(C)C/C=C\CCC[C@H](C)[C@H](O)[C@@H](C)C(=O)C(C)(C)[C@@H](O)CC(=O)N1. The van der Waals surface area contributed by atoms with Crippen molar-refractivity contribution in [2.45, 2.75) is 98.3 Å².